The van der Waals surface area contributed by atoms with E-state index in [0.717, 1.165) is 85.6 Å². The van der Waals surface area contributed by atoms with Gasteiger partial charge in [-0.25, -0.2) is 0 Å². The van der Waals surface area contributed by atoms with Crippen molar-refractivity contribution in [3.63, 3.8) is 0 Å². The summed E-state index contributed by atoms with van der Waals surface area (Å²) in [6.45, 7) is 4.66. The third-order valence-corrected chi connectivity index (χ3v) is 13.9. The highest BCUT2D eigenvalue weighted by Crippen LogP contribution is 2.46. The Morgan fingerprint density at radius 2 is 1.05 bits per heavy atom. The Morgan fingerprint density at radius 1 is 0.439 bits per heavy atom. The largest absolute Gasteiger partial charge is 0.456 e. The molecule has 0 bridgehead atoms. The Labute approximate surface area is 386 Å². The standard InChI is InChI=1S/C62H49N3O/c1-61(35-17-6-18-36-61)45-29-31-48(32-30-45)63(46-21-9-4-10-22-46)50-39-51(64(47-23-11-5-12-24-47)49-33-37-62(2,38-34-49)44-19-7-3-8-20-44)41-52(40-50)65-57-27-15-13-25-53(57)55-42-56-54-26-14-16-28-59(54)66-60(56)43-58(55)65/h3-35,37,39-43H,36,38H2,1-2H3. The summed E-state index contributed by atoms with van der Waals surface area (Å²) in [5, 5.41) is 4.63. The van der Waals surface area contributed by atoms with Crippen LogP contribution in [0, 0.1) is 0 Å². The second kappa shape index (κ2) is 15.9. The quantitative estimate of drug-likeness (QED) is 0.145. The van der Waals surface area contributed by atoms with Crippen LogP contribution in [-0.4, -0.2) is 4.57 Å². The van der Waals surface area contributed by atoms with Crippen LogP contribution in [0.1, 0.15) is 37.8 Å². The average molecular weight is 852 g/mol. The van der Waals surface area contributed by atoms with Crippen molar-refractivity contribution in [1.29, 1.82) is 0 Å². The number of hydrogen-bond acceptors (Lipinski definition) is 3. The van der Waals surface area contributed by atoms with E-state index >= 15 is 0 Å². The molecule has 0 radical (unpaired) electrons. The molecule has 0 saturated heterocycles. The first-order valence-electron chi connectivity index (χ1n) is 23.0. The summed E-state index contributed by atoms with van der Waals surface area (Å²) in [7, 11) is 0. The van der Waals surface area contributed by atoms with Crippen LogP contribution < -0.4 is 9.80 Å². The van der Waals surface area contributed by atoms with Crippen LogP contribution in [0.5, 0.6) is 0 Å². The van der Waals surface area contributed by atoms with Crippen molar-refractivity contribution in [3.05, 3.63) is 253 Å². The fraction of sp³-hybridized carbons (Fsp3) is 0.0968. The number of hydrogen-bond donors (Lipinski definition) is 0. The van der Waals surface area contributed by atoms with Gasteiger partial charge in [-0.2, -0.15) is 0 Å². The van der Waals surface area contributed by atoms with Crippen molar-refractivity contribution in [2.45, 2.75) is 37.5 Å². The van der Waals surface area contributed by atoms with Crippen molar-refractivity contribution in [2.24, 2.45) is 0 Å². The molecule has 2 unspecified atom stereocenters. The lowest BCUT2D eigenvalue weighted by atomic mass is 9.77. The first kappa shape index (κ1) is 39.5. The molecule has 4 nitrogen and oxygen atoms in total. The van der Waals surface area contributed by atoms with Gasteiger partial charge in [-0.3, -0.25) is 0 Å². The molecular weight excluding hydrogens is 803 g/mol. The van der Waals surface area contributed by atoms with Gasteiger partial charge < -0.3 is 18.8 Å². The third-order valence-electron chi connectivity index (χ3n) is 13.9. The molecule has 4 heteroatoms. The van der Waals surface area contributed by atoms with Gasteiger partial charge in [0.05, 0.1) is 28.1 Å². The van der Waals surface area contributed by atoms with Gasteiger partial charge in [0.15, 0.2) is 0 Å². The molecular formula is C62H49N3O. The Kier molecular flexibility index (Phi) is 9.50. The van der Waals surface area contributed by atoms with E-state index in [1.54, 1.807) is 0 Å². The first-order chi connectivity index (χ1) is 32.4. The Morgan fingerprint density at radius 3 is 1.74 bits per heavy atom. The summed E-state index contributed by atoms with van der Waals surface area (Å²) in [4.78, 5) is 4.83. The maximum atomic E-state index is 6.58. The summed E-state index contributed by atoms with van der Waals surface area (Å²) in [5.74, 6) is 0. The van der Waals surface area contributed by atoms with Gasteiger partial charge in [0, 0.05) is 61.2 Å². The highest BCUT2D eigenvalue weighted by atomic mass is 16.3. The van der Waals surface area contributed by atoms with Gasteiger partial charge in [0.2, 0.25) is 0 Å². The summed E-state index contributed by atoms with van der Waals surface area (Å²) < 4.78 is 9.01. The first-order valence-corrected chi connectivity index (χ1v) is 23.0. The zero-order valence-corrected chi connectivity index (χ0v) is 37.2. The summed E-state index contributed by atoms with van der Waals surface area (Å²) in [6.07, 6.45) is 17.9. The SMILES string of the molecule is CC1(c2ccccc2)C=CC(N(c2ccccc2)c2cc(N(c3ccccc3)c3ccc(C4(C)C=CC=CC4)cc3)cc(-n3c4ccccc4c4cc5c(cc43)oc3ccccc35)c2)=CC1. The predicted octanol–water partition coefficient (Wildman–Crippen LogP) is 16.9. The topological polar surface area (TPSA) is 24.6 Å². The predicted molar refractivity (Wildman–Crippen MR) is 277 cm³/mol. The average Bonchev–Trinajstić information content (AvgIpc) is 3.90. The molecule has 12 rings (SSSR count). The maximum Gasteiger partial charge on any atom is 0.137 e. The van der Waals surface area contributed by atoms with Crippen molar-refractivity contribution in [1.82, 2.24) is 4.57 Å². The molecule has 66 heavy (non-hydrogen) atoms. The molecule has 2 aromatic heterocycles. The van der Waals surface area contributed by atoms with Crippen LogP contribution in [0.15, 0.2) is 247 Å². The number of aromatic nitrogens is 1. The molecule has 0 amide bonds. The number of allylic oxidation sites excluding steroid dienone is 7. The van der Waals surface area contributed by atoms with Crippen molar-refractivity contribution in [3.8, 4) is 5.69 Å². The lowest BCUT2D eigenvalue weighted by Gasteiger charge is -2.34. The lowest BCUT2D eigenvalue weighted by molar-refractivity contribution is 0.595. The molecule has 0 spiro atoms. The zero-order chi connectivity index (χ0) is 44.2. The molecule has 0 fully saturated rings. The maximum absolute atomic E-state index is 6.58. The van der Waals surface area contributed by atoms with Gasteiger partial charge in [-0.1, -0.05) is 166 Å². The molecule has 0 saturated carbocycles. The van der Waals surface area contributed by atoms with Gasteiger partial charge in [-0.05, 0) is 103 Å². The van der Waals surface area contributed by atoms with Crippen LogP contribution in [0.4, 0.5) is 28.4 Å². The third kappa shape index (κ3) is 6.76. The van der Waals surface area contributed by atoms with E-state index in [1.165, 1.54) is 21.9 Å². The fourth-order valence-electron chi connectivity index (χ4n) is 10.3. The molecule has 0 aliphatic heterocycles. The monoisotopic (exact) mass is 851 g/mol. The fourth-order valence-corrected chi connectivity index (χ4v) is 10.3. The van der Waals surface area contributed by atoms with Crippen LogP contribution in [0.3, 0.4) is 0 Å². The van der Waals surface area contributed by atoms with E-state index < -0.39 is 0 Å². The summed E-state index contributed by atoms with van der Waals surface area (Å²) in [5.41, 5.74) is 13.9. The second-order valence-electron chi connectivity index (χ2n) is 18.3. The van der Waals surface area contributed by atoms with E-state index in [2.05, 4.69) is 259 Å². The van der Waals surface area contributed by atoms with Crippen molar-refractivity contribution >= 4 is 72.2 Å². The number of rotatable bonds is 9. The number of nitrogens with zero attached hydrogens (tertiary/aromatic N) is 3. The number of fused-ring (bicyclic) bond motifs is 6. The highest BCUT2D eigenvalue weighted by molar-refractivity contribution is 6.17. The van der Waals surface area contributed by atoms with Crippen LogP contribution in [0.2, 0.25) is 0 Å². The Hall–Kier alpha value is -8.08. The lowest BCUT2D eigenvalue weighted by Crippen LogP contribution is -2.24. The normalized spacial score (nSPS) is 18.1. The van der Waals surface area contributed by atoms with Crippen LogP contribution >= 0.6 is 0 Å². The molecule has 2 aliphatic carbocycles. The second-order valence-corrected chi connectivity index (χ2v) is 18.3. The highest BCUT2D eigenvalue weighted by Gasteiger charge is 2.29. The number of furan rings is 1. The minimum atomic E-state index is -0.123. The number of anilines is 5. The van der Waals surface area contributed by atoms with Crippen molar-refractivity contribution < 1.29 is 4.42 Å². The van der Waals surface area contributed by atoms with Crippen LogP contribution in [-0.2, 0) is 10.8 Å². The van der Waals surface area contributed by atoms with Gasteiger partial charge in [0.25, 0.3) is 0 Å². The van der Waals surface area contributed by atoms with E-state index in [-0.39, 0.29) is 10.8 Å². The molecule has 318 valence electrons. The van der Waals surface area contributed by atoms with E-state index in [0.29, 0.717) is 0 Å². The van der Waals surface area contributed by atoms with Gasteiger partial charge in [-0.15, -0.1) is 0 Å². The molecule has 2 atom stereocenters. The zero-order valence-electron chi connectivity index (χ0n) is 37.2. The summed E-state index contributed by atoms with van der Waals surface area (Å²) >= 11 is 0. The number of para-hydroxylation sites is 4. The van der Waals surface area contributed by atoms with E-state index in [1.807, 2.05) is 6.07 Å². The van der Waals surface area contributed by atoms with Gasteiger partial charge >= 0.3 is 0 Å². The Bertz CT molecular complexity index is 3560. The minimum Gasteiger partial charge on any atom is -0.456 e. The molecule has 0 N–H and O–H groups in total. The summed E-state index contributed by atoms with van der Waals surface area (Å²) in [6, 6.07) is 70.4. The Balaban J connectivity index is 1.11. The molecule has 8 aromatic carbocycles. The minimum absolute atomic E-state index is 0.0618. The smallest absolute Gasteiger partial charge is 0.137 e. The van der Waals surface area contributed by atoms with E-state index in [4.69, 9.17) is 4.42 Å². The molecule has 2 heterocycles. The van der Waals surface area contributed by atoms with Crippen molar-refractivity contribution in [2.75, 3.05) is 9.80 Å². The van der Waals surface area contributed by atoms with Gasteiger partial charge in [0.1, 0.15) is 11.2 Å². The molecule has 10 aromatic rings. The van der Waals surface area contributed by atoms with Crippen LogP contribution in [0.25, 0.3) is 49.4 Å². The van der Waals surface area contributed by atoms with E-state index in [9.17, 15) is 0 Å². The number of benzene rings is 8. The molecule has 2 aliphatic rings.